The average molecular weight is 974 g/mol. The molecule has 0 aromatic rings. The zero-order valence-electron chi connectivity index (χ0n) is 46.2. The zero-order valence-corrected chi connectivity index (χ0v) is 46.2. The third-order valence-electron chi connectivity index (χ3n) is 13.5. The number of nitrogens with zero attached hydrogens (tertiary/aromatic N) is 11. The average Bonchev–Trinajstić information content (AvgIpc) is 3.33. The van der Waals surface area contributed by atoms with Crippen molar-refractivity contribution in [2.45, 2.75) is 119 Å². The Balaban J connectivity index is 0.000000433. The molecule has 0 saturated carbocycles. The van der Waals surface area contributed by atoms with E-state index in [0.29, 0.717) is 37.3 Å². The lowest BCUT2D eigenvalue weighted by Gasteiger charge is -2.38. The van der Waals surface area contributed by atoms with Crippen molar-refractivity contribution >= 4 is 23.6 Å². The summed E-state index contributed by atoms with van der Waals surface area (Å²) >= 11 is 0. The predicted molar refractivity (Wildman–Crippen MR) is 285 cm³/mol. The van der Waals surface area contributed by atoms with Gasteiger partial charge in [-0.25, -0.2) is 4.39 Å². The number of halogens is 1. The molecule has 5 heterocycles. The van der Waals surface area contributed by atoms with E-state index in [1.165, 1.54) is 43.2 Å². The van der Waals surface area contributed by atoms with Crippen molar-refractivity contribution in [3.05, 3.63) is 49.9 Å². The number of rotatable bonds is 12. The fourth-order valence-electron chi connectivity index (χ4n) is 8.49. The van der Waals surface area contributed by atoms with Crippen molar-refractivity contribution in [2.75, 3.05) is 152 Å². The Morgan fingerprint density at radius 1 is 0.420 bits per heavy atom. The molecular formula is C53H100FN11O4. The standard InChI is InChI=1S/C13H25N3O.C10H17FN2O.2C10H18N2O.C10H22N2/c1-12(2)15-8-10-16(11-9-15)13(17)6-5-7-14(3)4;1-8(2)12-4-6-13(7-5-12)10(14)9(3)11;2*1-4-10(13)12-7-5-11(6-8-12)9(2)3;1-9(2)11-5-7-12(8-6-11)10(3)4/h5-6,12H,7-11H2,1-4H3;8H,3-7H2,1-2H3;2*4,9H,1,5-8H2,2-3H3;9-10H,5-8H2,1-4H3/b6-5+;;;;. The quantitative estimate of drug-likeness (QED) is 0.258. The molecule has 16 heteroatoms. The molecule has 5 fully saturated rings. The van der Waals surface area contributed by atoms with Gasteiger partial charge in [0.1, 0.15) is 0 Å². The lowest BCUT2D eigenvalue weighted by Crippen LogP contribution is -2.50. The molecular weight excluding hydrogens is 874 g/mol. The van der Waals surface area contributed by atoms with Gasteiger partial charge in [0.25, 0.3) is 5.91 Å². The smallest absolute Gasteiger partial charge is 0.282 e. The molecule has 0 bridgehead atoms. The number of amides is 4. The van der Waals surface area contributed by atoms with E-state index in [4.69, 9.17) is 0 Å². The number of hydrogen-bond acceptors (Lipinski definition) is 11. The monoisotopic (exact) mass is 974 g/mol. The van der Waals surface area contributed by atoms with Gasteiger partial charge in [0.05, 0.1) is 0 Å². The highest BCUT2D eigenvalue weighted by Crippen LogP contribution is 2.11. The second-order valence-corrected chi connectivity index (χ2v) is 20.5. The van der Waals surface area contributed by atoms with Gasteiger partial charge < -0.3 is 24.5 Å². The second kappa shape index (κ2) is 34.0. The Morgan fingerprint density at radius 3 is 0.841 bits per heavy atom. The molecule has 15 nitrogen and oxygen atoms in total. The Kier molecular flexibility index (Phi) is 31.3. The fourth-order valence-corrected chi connectivity index (χ4v) is 8.49. The van der Waals surface area contributed by atoms with E-state index in [-0.39, 0.29) is 17.7 Å². The molecule has 0 spiro atoms. The van der Waals surface area contributed by atoms with Crippen molar-refractivity contribution in [3.8, 4) is 0 Å². The van der Waals surface area contributed by atoms with Gasteiger partial charge in [-0.3, -0.25) is 48.6 Å². The number of piperazine rings is 5. The maximum absolute atomic E-state index is 12.5. The largest absolute Gasteiger partial charge is 0.337 e. The predicted octanol–water partition coefficient (Wildman–Crippen LogP) is 4.55. The molecule has 0 atom stereocenters. The SMILES string of the molecule is C=C(F)C(=O)N1CCN(C(C)C)CC1.C=CC(=O)N1CCN(C(C)C)CC1.C=CC(=O)N1CCN(C(C)C)CC1.CC(C)N1CCN(C(=O)/C=C/CN(C)C)CC1.CC(C)N1CCN(C(C)C)CC1. The van der Waals surface area contributed by atoms with E-state index in [1.54, 1.807) is 6.08 Å². The first-order valence-electron chi connectivity index (χ1n) is 25.9. The molecule has 5 aliphatic rings. The molecule has 0 aromatic heterocycles. The summed E-state index contributed by atoms with van der Waals surface area (Å²) in [4.78, 5) is 69.3. The number of hydrogen-bond donors (Lipinski definition) is 0. The molecule has 398 valence electrons. The van der Waals surface area contributed by atoms with Crippen LogP contribution in [0, 0.1) is 0 Å². The maximum atomic E-state index is 12.5. The van der Waals surface area contributed by atoms with Gasteiger partial charge in [0.2, 0.25) is 17.7 Å². The minimum atomic E-state index is -0.858. The summed E-state index contributed by atoms with van der Waals surface area (Å²) in [6.07, 6.45) is 6.41. The Hall–Kier alpha value is -3.51. The second-order valence-electron chi connectivity index (χ2n) is 20.5. The van der Waals surface area contributed by atoms with Crippen LogP contribution >= 0.6 is 0 Å². The number of carbonyl (C=O) groups is 4. The first-order chi connectivity index (χ1) is 32.4. The molecule has 5 rings (SSSR count). The van der Waals surface area contributed by atoms with Crippen LogP contribution in [-0.4, -0.2) is 265 Å². The lowest BCUT2D eigenvalue weighted by atomic mass is 10.2. The Labute approximate surface area is 420 Å². The summed E-state index contributed by atoms with van der Waals surface area (Å²) in [6.45, 7) is 56.1. The summed E-state index contributed by atoms with van der Waals surface area (Å²) < 4.78 is 12.5. The van der Waals surface area contributed by atoms with E-state index >= 15 is 0 Å². The van der Waals surface area contributed by atoms with Crippen LogP contribution in [0.3, 0.4) is 0 Å². The highest BCUT2D eigenvalue weighted by atomic mass is 19.1. The van der Waals surface area contributed by atoms with Gasteiger partial charge in [0, 0.05) is 180 Å². The van der Waals surface area contributed by atoms with Crippen LogP contribution < -0.4 is 0 Å². The van der Waals surface area contributed by atoms with Crippen LogP contribution in [0.25, 0.3) is 0 Å². The molecule has 0 aliphatic carbocycles. The molecule has 0 unspecified atom stereocenters. The van der Waals surface area contributed by atoms with Gasteiger partial charge in [-0.1, -0.05) is 25.8 Å². The molecule has 0 aromatic carbocycles. The van der Waals surface area contributed by atoms with Gasteiger partial charge >= 0.3 is 0 Å². The number of carbonyl (C=O) groups excluding carboxylic acids is 4. The maximum Gasteiger partial charge on any atom is 0.282 e. The van der Waals surface area contributed by atoms with Gasteiger partial charge in [-0.05, 0) is 109 Å². The van der Waals surface area contributed by atoms with Gasteiger partial charge in [-0.15, -0.1) is 0 Å². The molecule has 69 heavy (non-hydrogen) atoms. The van der Waals surface area contributed by atoms with Gasteiger partial charge in [-0.2, -0.15) is 0 Å². The Morgan fingerprint density at radius 2 is 0.638 bits per heavy atom. The molecule has 4 amide bonds. The van der Waals surface area contributed by atoms with E-state index in [1.807, 2.05) is 39.8 Å². The normalized spacial score (nSPS) is 19.5. The first kappa shape index (κ1) is 63.5. The summed E-state index contributed by atoms with van der Waals surface area (Å²) in [5.74, 6) is -1.15. The van der Waals surface area contributed by atoms with Crippen LogP contribution in [0.15, 0.2) is 49.9 Å². The summed E-state index contributed by atoms with van der Waals surface area (Å²) in [5, 5.41) is 0. The summed E-state index contributed by atoms with van der Waals surface area (Å²) in [5.41, 5.74) is 0. The van der Waals surface area contributed by atoms with Crippen molar-refractivity contribution < 1.29 is 23.6 Å². The minimum Gasteiger partial charge on any atom is -0.337 e. The van der Waals surface area contributed by atoms with Crippen LogP contribution in [-0.2, 0) is 19.2 Å². The molecule has 0 N–H and O–H groups in total. The molecule has 5 saturated heterocycles. The van der Waals surface area contributed by atoms with Crippen LogP contribution in [0.1, 0.15) is 83.1 Å². The van der Waals surface area contributed by atoms with Crippen molar-refractivity contribution in [2.24, 2.45) is 0 Å². The van der Waals surface area contributed by atoms with Crippen molar-refractivity contribution in [1.29, 1.82) is 0 Å². The number of likely N-dealkylation sites (N-methyl/N-ethyl adjacent to an activating group) is 1. The van der Waals surface area contributed by atoms with Gasteiger partial charge in [0.15, 0.2) is 5.83 Å². The zero-order chi connectivity index (χ0) is 52.4. The van der Waals surface area contributed by atoms with Crippen LogP contribution in [0.5, 0.6) is 0 Å². The summed E-state index contributed by atoms with van der Waals surface area (Å²) in [7, 11) is 3.99. The third kappa shape index (κ3) is 24.9. The van der Waals surface area contributed by atoms with E-state index < -0.39 is 11.7 Å². The first-order valence-corrected chi connectivity index (χ1v) is 25.9. The lowest BCUT2D eigenvalue weighted by molar-refractivity contribution is -0.130. The van der Waals surface area contributed by atoms with Crippen LogP contribution in [0.2, 0.25) is 0 Å². The minimum absolute atomic E-state index is 0.0587. The van der Waals surface area contributed by atoms with E-state index in [0.717, 1.165) is 110 Å². The highest BCUT2D eigenvalue weighted by Gasteiger charge is 2.25. The third-order valence-corrected chi connectivity index (χ3v) is 13.5. The van der Waals surface area contributed by atoms with E-state index in [9.17, 15) is 23.6 Å². The van der Waals surface area contributed by atoms with Crippen molar-refractivity contribution in [1.82, 2.24) is 53.9 Å². The topological polar surface area (TPSA) is 104 Å². The highest BCUT2D eigenvalue weighted by molar-refractivity contribution is 5.90. The van der Waals surface area contributed by atoms with Crippen molar-refractivity contribution in [3.63, 3.8) is 0 Å². The molecule has 0 radical (unpaired) electrons. The van der Waals surface area contributed by atoms with Crippen LogP contribution in [0.4, 0.5) is 4.39 Å². The fraction of sp³-hybridized carbons (Fsp3) is 0.774. The summed E-state index contributed by atoms with van der Waals surface area (Å²) in [6, 6.07) is 3.68. The molecule has 5 aliphatic heterocycles. The van der Waals surface area contributed by atoms with E-state index in [2.05, 4.69) is 132 Å². The Bertz CT molecular complexity index is 1470.